The van der Waals surface area contributed by atoms with E-state index in [0.29, 0.717) is 6.42 Å². The van der Waals surface area contributed by atoms with E-state index in [1.807, 2.05) is 24.3 Å². The fourth-order valence-corrected chi connectivity index (χ4v) is 3.49. The molecule has 0 aliphatic carbocycles. The molecule has 1 atom stereocenters. The number of benzene rings is 2. The number of hydrogen-bond acceptors (Lipinski definition) is 4. The number of fused-ring (bicyclic) bond motifs is 2. The maximum atomic E-state index is 10.6. The van der Waals surface area contributed by atoms with Gasteiger partial charge in [0, 0.05) is 16.2 Å². The van der Waals surface area contributed by atoms with Gasteiger partial charge in [0.1, 0.15) is 0 Å². The molecule has 3 N–H and O–H groups in total. The Morgan fingerprint density at radius 2 is 1.64 bits per heavy atom. The molecule has 2 aromatic carbocycles. The van der Waals surface area contributed by atoms with Crippen LogP contribution in [0.5, 0.6) is 0 Å². The highest BCUT2D eigenvalue weighted by Crippen LogP contribution is 2.46. The molecule has 3 nitrogen and oxygen atoms in total. The van der Waals surface area contributed by atoms with Crippen molar-refractivity contribution in [1.29, 1.82) is 0 Å². The third kappa shape index (κ3) is 2.74. The molecular weight excluding hydrogens is 294 g/mol. The van der Waals surface area contributed by atoms with Crippen molar-refractivity contribution < 1.29 is 10.2 Å². The Labute approximate surface area is 135 Å². The summed E-state index contributed by atoms with van der Waals surface area (Å²) < 4.78 is 0. The highest BCUT2D eigenvalue weighted by atomic mass is 32.2. The molecule has 0 spiro atoms. The van der Waals surface area contributed by atoms with E-state index in [-0.39, 0.29) is 0 Å². The number of aliphatic hydroxyl groups is 2. The van der Waals surface area contributed by atoms with Crippen LogP contribution in [0.3, 0.4) is 0 Å². The SMILES string of the molecule is CC(C)(O)C(C)(O)Cc1cccc2c1Nc1ccccc1S2. The van der Waals surface area contributed by atoms with Crippen LogP contribution in [0.4, 0.5) is 11.4 Å². The van der Waals surface area contributed by atoms with E-state index in [2.05, 4.69) is 23.5 Å². The van der Waals surface area contributed by atoms with Gasteiger partial charge in [-0.2, -0.15) is 0 Å². The molecule has 0 aromatic heterocycles. The third-order valence-electron chi connectivity index (χ3n) is 4.33. The highest BCUT2D eigenvalue weighted by Gasteiger charge is 2.38. The van der Waals surface area contributed by atoms with Crippen LogP contribution < -0.4 is 5.32 Å². The minimum atomic E-state index is -1.20. The predicted octanol–water partition coefficient (Wildman–Crippen LogP) is 3.96. The summed E-state index contributed by atoms with van der Waals surface area (Å²) in [5, 5.41) is 24.3. The summed E-state index contributed by atoms with van der Waals surface area (Å²) >= 11 is 1.72. The first-order valence-electron chi connectivity index (χ1n) is 7.38. The highest BCUT2D eigenvalue weighted by molar-refractivity contribution is 7.99. The van der Waals surface area contributed by atoms with Crippen molar-refractivity contribution in [3.63, 3.8) is 0 Å². The number of nitrogens with one attached hydrogen (secondary N) is 1. The van der Waals surface area contributed by atoms with Gasteiger partial charge in [0.15, 0.2) is 0 Å². The summed E-state index contributed by atoms with van der Waals surface area (Å²) in [6, 6.07) is 14.3. The molecule has 1 unspecified atom stereocenters. The van der Waals surface area contributed by atoms with Crippen LogP contribution in [0.2, 0.25) is 0 Å². The monoisotopic (exact) mass is 315 g/mol. The molecule has 1 aliphatic heterocycles. The largest absolute Gasteiger partial charge is 0.387 e. The Morgan fingerprint density at radius 3 is 2.36 bits per heavy atom. The summed E-state index contributed by atoms with van der Waals surface area (Å²) in [6.45, 7) is 4.95. The molecular formula is C18H21NO2S. The Balaban J connectivity index is 1.97. The Bertz CT molecular complexity index is 704. The van der Waals surface area contributed by atoms with E-state index in [9.17, 15) is 10.2 Å². The van der Waals surface area contributed by atoms with Crippen molar-refractivity contribution in [1.82, 2.24) is 0 Å². The fourth-order valence-electron chi connectivity index (χ4n) is 2.45. The Hall–Kier alpha value is -1.49. The molecule has 3 rings (SSSR count). The van der Waals surface area contributed by atoms with Crippen LogP contribution in [-0.4, -0.2) is 21.4 Å². The molecule has 1 aliphatic rings. The minimum absolute atomic E-state index is 0.384. The molecule has 22 heavy (non-hydrogen) atoms. The quantitative estimate of drug-likeness (QED) is 0.685. The van der Waals surface area contributed by atoms with E-state index in [0.717, 1.165) is 21.8 Å². The lowest BCUT2D eigenvalue weighted by atomic mass is 9.82. The smallest absolute Gasteiger partial charge is 0.0940 e. The topological polar surface area (TPSA) is 52.5 Å². The second kappa shape index (κ2) is 5.30. The molecule has 2 aromatic rings. The maximum absolute atomic E-state index is 10.6. The van der Waals surface area contributed by atoms with Crippen molar-refractivity contribution in [2.75, 3.05) is 5.32 Å². The lowest BCUT2D eigenvalue weighted by Gasteiger charge is -2.36. The maximum Gasteiger partial charge on any atom is 0.0940 e. The van der Waals surface area contributed by atoms with Gasteiger partial charge in [-0.15, -0.1) is 0 Å². The van der Waals surface area contributed by atoms with Crippen molar-refractivity contribution in [2.24, 2.45) is 0 Å². The predicted molar refractivity (Wildman–Crippen MR) is 90.9 cm³/mol. The van der Waals surface area contributed by atoms with E-state index < -0.39 is 11.2 Å². The fraction of sp³-hybridized carbons (Fsp3) is 0.333. The van der Waals surface area contributed by atoms with E-state index in [4.69, 9.17) is 0 Å². The molecule has 0 bridgehead atoms. The lowest BCUT2D eigenvalue weighted by Crippen LogP contribution is -2.49. The van der Waals surface area contributed by atoms with Crippen LogP contribution >= 0.6 is 11.8 Å². The van der Waals surface area contributed by atoms with Gasteiger partial charge in [0.25, 0.3) is 0 Å². The van der Waals surface area contributed by atoms with Crippen molar-refractivity contribution in [3.8, 4) is 0 Å². The van der Waals surface area contributed by atoms with Gasteiger partial charge in [0.05, 0.1) is 22.6 Å². The Kier molecular flexibility index (Phi) is 3.71. The zero-order valence-corrected chi connectivity index (χ0v) is 13.9. The van der Waals surface area contributed by atoms with Gasteiger partial charge in [0.2, 0.25) is 0 Å². The Morgan fingerprint density at radius 1 is 0.955 bits per heavy atom. The van der Waals surface area contributed by atoms with E-state index in [1.54, 1.807) is 32.5 Å². The lowest BCUT2D eigenvalue weighted by molar-refractivity contribution is -0.118. The molecule has 0 saturated carbocycles. The van der Waals surface area contributed by atoms with Gasteiger partial charge >= 0.3 is 0 Å². The molecule has 0 radical (unpaired) electrons. The first-order chi connectivity index (χ1) is 10.3. The molecule has 1 heterocycles. The van der Waals surface area contributed by atoms with Gasteiger partial charge < -0.3 is 15.5 Å². The van der Waals surface area contributed by atoms with Crippen LogP contribution in [0.25, 0.3) is 0 Å². The zero-order chi connectivity index (χ0) is 16.0. The zero-order valence-electron chi connectivity index (χ0n) is 13.1. The van der Waals surface area contributed by atoms with Crippen LogP contribution in [0.15, 0.2) is 52.3 Å². The summed E-state index contributed by atoms with van der Waals surface area (Å²) in [5.41, 5.74) is 0.735. The number of rotatable bonds is 3. The molecule has 0 amide bonds. The van der Waals surface area contributed by atoms with Crippen LogP contribution in [0.1, 0.15) is 26.3 Å². The van der Waals surface area contributed by atoms with Crippen LogP contribution in [-0.2, 0) is 6.42 Å². The van der Waals surface area contributed by atoms with Crippen molar-refractivity contribution in [2.45, 2.75) is 48.2 Å². The third-order valence-corrected chi connectivity index (χ3v) is 5.47. The number of para-hydroxylation sites is 2. The van der Waals surface area contributed by atoms with E-state index in [1.165, 1.54) is 4.90 Å². The summed E-state index contributed by atoms with van der Waals surface area (Å²) in [4.78, 5) is 2.34. The summed E-state index contributed by atoms with van der Waals surface area (Å²) in [7, 11) is 0. The van der Waals surface area contributed by atoms with Crippen molar-refractivity contribution in [3.05, 3.63) is 48.0 Å². The normalized spacial score (nSPS) is 16.2. The summed E-state index contributed by atoms with van der Waals surface area (Å²) in [5.74, 6) is 0. The standard InChI is InChI=1S/C18H21NO2S/c1-17(2,20)18(3,21)11-12-7-6-10-15-16(12)19-13-8-4-5-9-14(13)22-15/h4-10,19-21H,11H2,1-3H3. The number of hydrogen-bond donors (Lipinski definition) is 3. The van der Waals surface area contributed by atoms with Gasteiger partial charge in [-0.3, -0.25) is 0 Å². The number of anilines is 2. The van der Waals surface area contributed by atoms with Crippen molar-refractivity contribution >= 4 is 23.1 Å². The molecule has 0 fully saturated rings. The average Bonchev–Trinajstić information content (AvgIpc) is 2.44. The van der Waals surface area contributed by atoms with Gasteiger partial charge in [-0.05, 0) is 44.5 Å². The second-order valence-corrected chi connectivity index (χ2v) is 7.61. The van der Waals surface area contributed by atoms with Crippen LogP contribution in [0, 0.1) is 0 Å². The first-order valence-corrected chi connectivity index (χ1v) is 8.20. The first kappa shape index (κ1) is 15.4. The average molecular weight is 315 g/mol. The molecule has 4 heteroatoms. The van der Waals surface area contributed by atoms with Gasteiger partial charge in [-0.1, -0.05) is 36.0 Å². The second-order valence-electron chi connectivity index (χ2n) is 6.52. The van der Waals surface area contributed by atoms with Gasteiger partial charge in [-0.25, -0.2) is 0 Å². The minimum Gasteiger partial charge on any atom is -0.387 e. The molecule has 116 valence electrons. The van der Waals surface area contributed by atoms with E-state index >= 15 is 0 Å². The summed E-state index contributed by atoms with van der Waals surface area (Å²) in [6.07, 6.45) is 0.384. The molecule has 0 saturated heterocycles.